The van der Waals surface area contributed by atoms with Gasteiger partial charge in [-0.3, -0.25) is 4.79 Å². The van der Waals surface area contributed by atoms with E-state index in [9.17, 15) is 9.18 Å². The molecule has 0 saturated heterocycles. The molecule has 0 fully saturated rings. The van der Waals surface area contributed by atoms with Crippen LogP contribution in [-0.2, 0) is 0 Å². The second-order valence-electron chi connectivity index (χ2n) is 3.77. The van der Waals surface area contributed by atoms with Gasteiger partial charge in [-0.05, 0) is 46.3 Å². The fourth-order valence-electron chi connectivity index (χ4n) is 1.49. The monoisotopic (exact) mass is 402 g/mol. The minimum absolute atomic E-state index is 0.119. The van der Waals surface area contributed by atoms with E-state index in [1.165, 1.54) is 23.9 Å². The summed E-state index contributed by atoms with van der Waals surface area (Å²) in [5.41, 5.74) is 0.119. The minimum Gasteiger partial charge on any atom is -0.293 e. The minimum atomic E-state index is -0.485. The molecule has 0 aromatic heterocycles. The van der Waals surface area contributed by atoms with Crippen LogP contribution in [0.5, 0.6) is 0 Å². The summed E-state index contributed by atoms with van der Waals surface area (Å²) in [5, 5.41) is 0. The highest BCUT2D eigenvalue weighted by atomic mass is 79.9. The van der Waals surface area contributed by atoms with Crippen molar-refractivity contribution in [1.29, 1.82) is 0 Å². The number of ketones is 1. The Balaban J connectivity index is 2.10. The van der Waals surface area contributed by atoms with E-state index in [-0.39, 0.29) is 17.1 Å². The van der Waals surface area contributed by atoms with Crippen LogP contribution in [-0.4, -0.2) is 11.5 Å². The summed E-state index contributed by atoms with van der Waals surface area (Å²) >= 11 is 8.04. The quantitative estimate of drug-likeness (QED) is 0.507. The van der Waals surface area contributed by atoms with E-state index >= 15 is 0 Å². The number of halogens is 3. The number of carbonyl (C=O) groups is 1. The van der Waals surface area contributed by atoms with Crippen molar-refractivity contribution in [3.05, 3.63) is 62.8 Å². The molecule has 0 heterocycles. The number of hydrogen-bond acceptors (Lipinski definition) is 2. The van der Waals surface area contributed by atoms with Gasteiger partial charge in [-0.15, -0.1) is 11.8 Å². The molecule has 5 heteroatoms. The standard InChI is InChI=1S/C14H9Br2FOS/c15-9-5-6-12(17)10(7-9)13(18)8-19-14-4-2-1-3-11(14)16/h1-7H,8H2. The molecule has 0 saturated carbocycles. The van der Waals surface area contributed by atoms with Crippen molar-refractivity contribution in [3.8, 4) is 0 Å². The molecule has 0 aliphatic carbocycles. The maximum Gasteiger partial charge on any atom is 0.176 e. The number of thioether (sulfide) groups is 1. The Bertz CT molecular complexity index is 616. The highest BCUT2D eigenvalue weighted by Gasteiger charge is 2.13. The molecule has 0 amide bonds. The summed E-state index contributed by atoms with van der Waals surface area (Å²) in [4.78, 5) is 13.0. The number of carbonyl (C=O) groups excluding carboxylic acids is 1. The molecule has 1 nitrogen and oxygen atoms in total. The lowest BCUT2D eigenvalue weighted by Crippen LogP contribution is -2.05. The predicted molar refractivity (Wildman–Crippen MR) is 83.3 cm³/mol. The molecule has 2 rings (SSSR count). The summed E-state index contributed by atoms with van der Waals surface area (Å²) < 4.78 is 15.2. The van der Waals surface area contributed by atoms with Gasteiger partial charge in [0.05, 0.1) is 11.3 Å². The maximum absolute atomic E-state index is 13.6. The first kappa shape index (κ1) is 14.8. The lowest BCUT2D eigenvalue weighted by atomic mass is 10.1. The largest absolute Gasteiger partial charge is 0.293 e. The third kappa shape index (κ3) is 3.91. The van der Waals surface area contributed by atoms with Crippen LogP contribution < -0.4 is 0 Å². The van der Waals surface area contributed by atoms with E-state index in [1.807, 2.05) is 24.3 Å². The van der Waals surface area contributed by atoms with Gasteiger partial charge in [0.25, 0.3) is 0 Å². The zero-order valence-corrected chi connectivity index (χ0v) is 13.7. The Kier molecular flexibility index (Phi) is 5.19. The lowest BCUT2D eigenvalue weighted by Gasteiger charge is -2.05. The fraction of sp³-hybridized carbons (Fsp3) is 0.0714. The molecule has 0 atom stereocenters. The molecule has 0 aliphatic rings. The van der Waals surface area contributed by atoms with Crippen LogP contribution in [0.25, 0.3) is 0 Å². The van der Waals surface area contributed by atoms with Crippen LogP contribution in [0.2, 0.25) is 0 Å². The first-order valence-electron chi connectivity index (χ1n) is 5.43. The van der Waals surface area contributed by atoms with Crippen molar-refractivity contribution >= 4 is 49.4 Å². The molecule has 0 unspecified atom stereocenters. The molecule has 19 heavy (non-hydrogen) atoms. The molecular formula is C14H9Br2FOS. The van der Waals surface area contributed by atoms with Crippen molar-refractivity contribution in [2.24, 2.45) is 0 Å². The van der Waals surface area contributed by atoms with Crippen LogP contribution in [0.3, 0.4) is 0 Å². The van der Waals surface area contributed by atoms with E-state index in [2.05, 4.69) is 31.9 Å². The van der Waals surface area contributed by atoms with E-state index < -0.39 is 5.82 Å². The van der Waals surface area contributed by atoms with E-state index in [0.29, 0.717) is 4.47 Å². The van der Waals surface area contributed by atoms with Crippen LogP contribution >= 0.6 is 43.6 Å². The molecule has 98 valence electrons. The smallest absolute Gasteiger partial charge is 0.176 e. The average molecular weight is 404 g/mol. The molecule has 0 aliphatic heterocycles. The molecule has 2 aromatic carbocycles. The second kappa shape index (κ2) is 6.68. The Morgan fingerprint density at radius 1 is 1.16 bits per heavy atom. The van der Waals surface area contributed by atoms with E-state index in [4.69, 9.17) is 0 Å². The first-order chi connectivity index (χ1) is 9.08. The van der Waals surface area contributed by atoms with Crippen LogP contribution in [0.15, 0.2) is 56.3 Å². The third-order valence-electron chi connectivity index (χ3n) is 2.42. The van der Waals surface area contributed by atoms with Gasteiger partial charge in [0.2, 0.25) is 0 Å². The van der Waals surface area contributed by atoms with E-state index in [1.54, 1.807) is 6.07 Å². The Morgan fingerprint density at radius 3 is 2.63 bits per heavy atom. The van der Waals surface area contributed by atoms with Crippen LogP contribution in [0, 0.1) is 5.82 Å². The fourth-order valence-corrected chi connectivity index (χ4v) is 3.31. The van der Waals surface area contributed by atoms with Crippen molar-refractivity contribution in [3.63, 3.8) is 0 Å². The van der Waals surface area contributed by atoms with Crippen LogP contribution in [0.4, 0.5) is 4.39 Å². The van der Waals surface area contributed by atoms with Crippen LogP contribution in [0.1, 0.15) is 10.4 Å². The van der Waals surface area contributed by atoms with Gasteiger partial charge in [0.1, 0.15) is 5.82 Å². The van der Waals surface area contributed by atoms with Gasteiger partial charge in [0.15, 0.2) is 5.78 Å². The average Bonchev–Trinajstić information content (AvgIpc) is 2.40. The van der Waals surface area contributed by atoms with Crippen molar-refractivity contribution in [2.75, 3.05) is 5.75 Å². The predicted octanol–water partition coefficient (Wildman–Crippen LogP) is 5.33. The third-order valence-corrected chi connectivity index (χ3v) is 4.94. The Hall–Kier alpha value is -0.650. The first-order valence-corrected chi connectivity index (χ1v) is 8.00. The summed E-state index contributed by atoms with van der Waals surface area (Å²) in [5.74, 6) is -0.504. The molecule has 0 N–H and O–H groups in total. The van der Waals surface area contributed by atoms with Gasteiger partial charge in [-0.2, -0.15) is 0 Å². The zero-order chi connectivity index (χ0) is 13.8. The number of hydrogen-bond donors (Lipinski definition) is 0. The topological polar surface area (TPSA) is 17.1 Å². The van der Waals surface area contributed by atoms with E-state index in [0.717, 1.165) is 9.37 Å². The summed E-state index contributed by atoms with van der Waals surface area (Å²) in [6, 6.07) is 12.0. The van der Waals surface area contributed by atoms with Crippen molar-refractivity contribution in [1.82, 2.24) is 0 Å². The summed E-state index contributed by atoms with van der Waals surface area (Å²) in [6.07, 6.45) is 0. The van der Waals surface area contributed by atoms with Gasteiger partial charge >= 0.3 is 0 Å². The van der Waals surface area contributed by atoms with Crippen molar-refractivity contribution in [2.45, 2.75) is 4.90 Å². The Labute approximate surface area is 131 Å². The van der Waals surface area contributed by atoms with Gasteiger partial charge in [0, 0.05) is 13.8 Å². The Morgan fingerprint density at radius 2 is 1.89 bits per heavy atom. The normalized spacial score (nSPS) is 10.5. The zero-order valence-electron chi connectivity index (χ0n) is 9.70. The van der Waals surface area contributed by atoms with Gasteiger partial charge < -0.3 is 0 Å². The molecule has 2 aromatic rings. The number of benzene rings is 2. The number of rotatable bonds is 4. The summed E-state index contributed by atoms with van der Waals surface area (Å²) in [7, 11) is 0. The molecular weight excluding hydrogens is 395 g/mol. The SMILES string of the molecule is O=C(CSc1ccccc1Br)c1cc(Br)ccc1F. The maximum atomic E-state index is 13.6. The lowest BCUT2D eigenvalue weighted by molar-refractivity contribution is 0.101. The summed E-state index contributed by atoms with van der Waals surface area (Å²) in [6.45, 7) is 0. The molecule has 0 radical (unpaired) electrons. The number of Topliss-reactive ketones (excluding diaryl/α,β-unsaturated/α-hetero) is 1. The highest BCUT2D eigenvalue weighted by Crippen LogP contribution is 2.28. The second-order valence-corrected chi connectivity index (χ2v) is 6.55. The molecule has 0 spiro atoms. The molecule has 0 bridgehead atoms. The van der Waals surface area contributed by atoms with Crippen molar-refractivity contribution < 1.29 is 9.18 Å². The van der Waals surface area contributed by atoms with Gasteiger partial charge in [-0.25, -0.2) is 4.39 Å². The van der Waals surface area contributed by atoms with Gasteiger partial charge in [-0.1, -0.05) is 28.1 Å². The highest BCUT2D eigenvalue weighted by molar-refractivity contribution is 9.10.